The Morgan fingerprint density at radius 1 is 1.39 bits per heavy atom. The van der Waals surface area contributed by atoms with Crippen LogP contribution >= 0.6 is 0 Å². The largest absolute Gasteiger partial charge is 0.467 e. The first-order valence-corrected chi connectivity index (χ1v) is 5.71. The molecule has 0 saturated carbocycles. The van der Waals surface area contributed by atoms with Crippen LogP contribution in [0, 0.1) is 0 Å². The van der Waals surface area contributed by atoms with Crippen molar-refractivity contribution in [3.8, 4) is 0 Å². The summed E-state index contributed by atoms with van der Waals surface area (Å²) in [6.45, 7) is 3.50. The van der Waals surface area contributed by atoms with Crippen LogP contribution in [0.1, 0.15) is 29.8 Å². The monoisotopic (exact) mass is 251 g/mol. The Hall–Kier alpha value is -1.88. The molecule has 0 bridgehead atoms. The molecule has 0 saturated heterocycles. The highest BCUT2D eigenvalue weighted by Crippen LogP contribution is 2.06. The highest BCUT2D eigenvalue weighted by Gasteiger charge is 2.15. The topological polar surface area (TPSA) is 64.6 Å². The Morgan fingerprint density at radius 3 is 2.72 bits per heavy atom. The van der Waals surface area contributed by atoms with Gasteiger partial charge in [0, 0.05) is 5.56 Å². The summed E-state index contributed by atoms with van der Waals surface area (Å²) in [5.74, 6) is -0.932. The van der Waals surface area contributed by atoms with Crippen LogP contribution in [0.25, 0.3) is 0 Å². The van der Waals surface area contributed by atoms with Crippen LogP contribution in [0.4, 0.5) is 0 Å². The number of carbonyl (C=O) groups excluding carboxylic acids is 2. The van der Waals surface area contributed by atoms with E-state index in [1.165, 1.54) is 14.0 Å². The molecule has 0 aromatic heterocycles. The van der Waals surface area contributed by atoms with Crippen molar-refractivity contribution in [1.29, 1.82) is 0 Å². The fraction of sp³-hybridized carbons (Fsp3) is 0.385. The molecule has 1 aromatic rings. The molecule has 0 radical (unpaired) electrons. The zero-order chi connectivity index (χ0) is 13.5. The summed E-state index contributed by atoms with van der Waals surface area (Å²) in [4.78, 5) is 27.7. The first-order valence-electron chi connectivity index (χ1n) is 5.71. The molecule has 5 nitrogen and oxygen atoms in total. The van der Waals surface area contributed by atoms with Crippen molar-refractivity contribution in [2.75, 3.05) is 7.11 Å². The zero-order valence-corrected chi connectivity index (χ0v) is 10.7. The highest BCUT2D eigenvalue weighted by molar-refractivity contribution is 5.93. The molecule has 0 unspecified atom stereocenters. The van der Waals surface area contributed by atoms with E-state index in [1.807, 2.05) is 13.0 Å². The number of hydroxylamine groups is 1. The number of nitrogens with one attached hydrogen (secondary N) is 1. The molecule has 0 aliphatic rings. The number of hydrogen-bond acceptors (Lipinski definition) is 4. The molecular formula is C13H17NO4. The fourth-order valence-corrected chi connectivity index (χ4v) is 1.35. The lowest BCUT2D eigenvalue weighted by molar-refractivity contribution is -0.156. The van der Waals surface area contributed by atoms with E-state index in [2.05, 4.69) is 10.2 Å². The van der Waals surface area contributed by atoms with E-state index in [0.29, 0.717) is 5.56 Å². The van der Waals surface area contributed by atoms with E-state index in [0.717, 1.165) is 12.0 Å². The van der Waals surface area contributed by atoms with Crippen LogP contribution in [0.2, 0.25) is 0 Å². The second-order valence-electron chi connectivity index (χ2n) is 3.77. The Bertz CT molecular complexity index is 431. The summed E-state index contributed by atoms with van der Waals surface area (Å²) in [5, 5.41) is 0. The Labute approximate surface area is 106 Å². The predicted molar refractivity (Wildman–Crippen MR) is 65.8 cm³/mol. The van der Waals surface area contributed by atoms with Crippen molar-refractivity contribution in [3.63, 3.8) is 0 Å². The molecule has 0 aliphatic heterocycles. The van der Waals surface area contributed by atoms with Gasteiger partial charge in [0.25, 0.3) is 5.91 Å². The zero-order valence-electron chi connectivity index (χ0n) is 10.7. The number of aryl methyl sites for hydroxylation is 1. The quantitative estimate of drug-likeness (QED) is 0.635. The van der Waals surface area contributed by atoms with Crippen molar-refractivity contribution in [1.82, 2.24) is 5.48 Å². The molecule has 1 rings (SSSR count). The SMILES string of the molecule is CCc1cccc(C(=O)NO[C@H](C)C(=O)OC)c1. The fourth-order valence-electron chi connectivity index (χ4n) is 1.35. The Morgan fingerprint density at radius 2 is 2.11 bits per heavy atom. The summed E-state index contributed by atoms with van der Waals surface area (Å²) >= 11 is 0. The standard InChI is InChI=1S/C13H17NO4/c1-4-10-6-5-7-11(8-10)12(15)14-18-9(2)13(16)17-3/h5-9H,4H2,1-3H3,(H,14,15)/t9-/m1/s1. The molecule has 5 heteroatoms. The lowest BCUT2D eigenvalue weighted by atomic mass is 10.1. The number of amides is 1. The van der Waals surface area contributed by atoms with E-state index >= 15 is 0 Å². The minimum absolute atomic E-state index is 0.388. The van der Waals surface area contributed by atoms with Gasteiger partial charge < -0.3 is 4.74 Å². The average Bonchev–Trinajstić information content (AvgIpc) is 2.43. The molecule has 0 fully saturated rings. The predicted octanol–water partition coefficient (Wildman–Crippen LogP) is 1.47. The van der Waals surface area contributed by atoms with Gasteiger partial charge >= 0.3 is 5.97 Å². The van der Waals surface area contributed by atoms with Crippen molar-refractivity contribution in [2.24, 2.45) is 0 Å². The summed E-state index contributed by atoms with van der Waals surface area (Å²) in [7, 11) is 1.26. The molecule has 1 amide bonds. The number of carbonyl (C=O) groups is 2. The van der Waals surface area contributed by atoms with Crippen molar-refractivity contribution >= 4 is 11.9 Å². The van der Waals surface area contributed by atoms with E-state index < -0.39 is 12.1 Å². The van der Waals surface area contributed by atoms with Gasteiger partial charge in [-0.05, 0) is 31.0 Å². The molecule has 1 N–H and O–H groups in total. The molecule has 1 atom stereocenters. The first kappa shape index (κ1) is 14.2. The second-order valence-corrected chi connectivity index (χ2v) is 3.77. The van der Waals surface area contributed by atoms with Gasteiger partial charge in [-0.25, -0.2) is 10.3 Å². The molecule has 98 valence electrons. The van der Waals surface area contributed by atoms with Crippen LogP contribution in [0.15, 0.2) is 24.3 Å². The van der Waals surface area contributed by atoms with Crippen LogP contribution in [-0.2, 0) is 20.8 Å². The number of rotatable bonds is 5. The number of benzene rings is 1. The van der Waals surface area contributed by atoms with Gasteiger partial charge in [-0.15, -0.1) is 0 Å². The third-order valence-electron chi connectivity index (χ3n) is 2.46. The summed E-state index contributed by atoms with van der Waals surface area (Å²) in [5.41, 5.74) is 3.78. The van der Waals surface area contributed by atoms with Crippen LogP contribution in [0.5, 0.6) is 0 Å². The van der Waals surface area contributed by atoms with Gasteiger partial charge in [0.05, 0.1) is 7.11 Å². The molecule has 0 spiro atoms. The lowest BCUT2D eigenvalue weighted by Crippen LogP contribution is -2.33. The number of hydrogen-bond donors (Lipinski definition) is 1. The van der Waals surface area contributed by atoms with E-state index in [-0.39, 0.29) is 5.91 Å². The normalized spacial score (nSPS) is 11.7. The molecule has 1 aromatic carbocycles. The van der Waals surface area contributed by atoms with Gasteiger partial charge in [0.1, 0.15) is 0 Å². The number of esters is 1. The van der Waals surface area contributed by atoms with Crippen molar-refractivity contribution < 1.29 is 19.2 Å². The minimum Gasteiger partial charge on any atom is -0.467 e. The molecule has 18 heavy (non-hydrogen) atoms. The van der Waals surface area contributed by atoms with E-state index in [9.17, 15) is 9.59 Å². The van der Waals surface area contributed by atoms with Gasteiger partial charge in [-0.1, -0.05) is 19.1 Å². The third-order valence-corrected chi connectivity index (χ3v) is 2.46. The average molecular weight is 251 g/mol. The maximum atomic E-state index is 11.7. The van der Waals surface area contributed by atoms with Crippen LogP contribution in [-0.4, -0.2) is 25.1 Å². The summed E-state index contributed by atoms with van der Waals surface area (Å²) in [6, 6.07) is 7.20. The maximum absolute atomic E-state index is 11.7. The van der Waals surface area contributed by atoms with Crippen LogP contribution in [0.3, 0.4) is 0 Å². The first-order chi connectivity index (χ1) is 8.58. The van der Waals surface area contributed by atoms with Crippen LogP contribution < -0.4 is 5.48 Å². The van der Waals surface area contributed by atoms with E-state index in [1.54, 1.807) is 18.2 Å². The van der Waals surface area contributed by atoms with Gasteiger partial charge in [-0.2, -0.15) is 0 Å². The van der Waals surface area contributed by atoms with Crippen molar-refractivity contribution in [2.45, 2.75) is 26.4 Å². The third kappa shape index (κ3) is 3.85. The molecule has 0 aliphatic carbocycles. The van der Waals surface area contributed by atoms with Gasteiger partial charge in [-0.3, -0.25) is 9.63 Å². The number of methoxy groups -OCH3 is 1. The number of ether oxygens (including phenoxy) is 1. The van der Waals surface area contributed by atoms with Gasteiger partial charge in [0.15, 0.2) is 6.10 Å². The summed E-state index contributed by atoms with van der Waals surface area (Å²) < 4.78 is 4.47. The Balaban J connectivity index is 2.57. The molecule has 0 heterocycles. The second kappa shape index (κ2) is 6.76. The van der Waals surface area contributed by atoms with Gasteiger partial charge in [0.2, 0.25) is 0 Å². The van der Waals surface area contributed by atoms with E-state index in [4.69, 9.17) is 4.84 Å². The molecular weight excluding hydrogens is 234 g/mol. The minimum atomic E-state index is -0.840. The maximum Gasteiger partial charge on any atom is 0.337 e. The summed E-state index contributed by atoms with van der Waals surface area (Å²) in [6.07, 6.45) is 0.00823. The Kier molecular flexibility index (Phi) is 5.32. The lowest BCUT2D eigenvalue weighted by Gasteiger charge is -2.11. The smallest absolute Gasteiger partial charge is 0.337 e. The van der Waals surface area contributed by atoms with Crippen molar-refractivity contribution in [3.05, 3.63) is 35.4 Å². The highest BCUT2D eigenvalue weighted by atomic mass is 16.7.